The van der Waals surface area contributed by atoms with E-state index in [0.29, 0.717) is 15.7 Å². The van der Waals surface area contributed by atoms with Crippen molar-refractivity contribution >= 4 is 29.2 Å². The van der Waals surface area contributed by atoms with Gasteiger partial charge in [-0.1, -0.05) is 46.6 Å². The molecule has 25 heavy (non-hydrogen) atoms. The van der Waals surface area contributed by atoms with Crippen LogP contribution in [-0.4, -0.2) is 21.0 Å². The lowest BCUT2D eigenvalue weighted by molar-refractivity contribution is 0.0464. The van der Waals surface area contributed by atoms with E-state index in [2.05, 4.69) is 10.3 Å². The van der Waals surface area contributed by atoms with Crippen LogP contribution in [0.15, 0.2) is 42.5 Å². The fourth-order valence-corrected chi connectivity index (χ4v) is 2.71. The van der Waals surface area contributed by atoms with Gasteiger partial charge in [-0.15, -0.1) is 5.10 Å². The maximum Gasteiger partial charge on any atom is 0.361 e. The number of esters is 1. The maximum absolute atomic E-state index is 12.3. The molecule has 7 heteroatoms. The maximum atomic E-state index is 12.3. The van der Waals surface area contributed by atoms with Crippen LogP contribution in [0.3, 0.4) is 0 Å². The Bertz CT molecular complexity index is 938. The summed E-state index contributed by atoms with van der Waals surface area (Å²) in [7, 11) is 0. The highest BCUT2D eigenvalue weighted by atomic mass is 35.5. The molecule has 1 aromatic heterocycles. The van der Waals surface area contributed by atoms with Gasteiger partial charge in [-0.2, -0.15) is 0 Å². The molecule has 0 atom stereocenters. The summed E-state index contributed by atoms with van der Waals surface area (Å²) in [5.74, 6) is -0.540. The summed E-state index contributed by atoms with van der Waals surface area (Å²) in [5, 5.41) is 9.19. The van der Waals surface area contributed by atoms with Gasteiger partial charge < -0.3 is 4.74 Å². The van der Waals surface area contributed by atoms with E-state index in [1.165, 1.54) is 0 Å². The summed E-state index contributed by atoms with van der Waals surface area (Å²) >= 11 is 12.1. The number of aromatic nitrogens is 3. The second-order valence-electron chi connectivity index (χ2n) is 5.57. The molecule has 3 rings (SSSR count). The van der Waals surface area contributed by atoms with Crippen molar-refractivity contribution in [3.63, 3.8) is 0 Å². The first kappa shape index (κ1) is 17.5. The van der Waals surface area contributed by atoms with E-state index >= 15 is 0 Å². The first-order valence-electron chi connectivity index (χ1n) is 7.56. The SMILES string of the molecule is Cc1ccc(-n2nnc(C(=O)OCc3cccc(Cl)c3)c2C)cc1Cl. The first-order chi connectivity index (χ1) is 12.0. The van der Waals surface area contributed by atoms with Gasteiger partial charge in [-0.05, 0) is 49.2 Å². The fourth-order valence-electron chi connectivity index (χ4n) is 2.32. The first-order valence-corrected chi connectivity index (χ1v) is 8.31. The topological polar surface area (TPSA) is 57.0 Å². The quantitative estimate of drug-likeness (QED) is 0.627. The van der Waals surface area contributed by atoms with Gasteiger partial charge in [-0.25, -0.2) is 9.48 Å². The van der Waals surface area contributed by atoms with Gasteiger partial charge in [0.1, 0.15) is 6.61 Å². The van der Waals surface area contributed by atoms with Crippen LogP contribution in [0, 0.1) is 13.8 Å². The third-order valence-corrected chi connectivity index (χ3v) is 4.39. The Morgan fingerprint density at radius 1 is 1.16 bits per heavy atom. The van der Waals surface area contributed by atoms with Crippen molar-refractivity contribution in [2.75, 3.05) is 0 Å². The van der Waals surface area contributed by atoms with Crippen LogP contribution in [0.1, 0.15) is 27.3 Å². The molecule has 0 aliphatic heterocycles. The highest BCUT2D eigenvalue weighted by molar-refractivity contribution is 6.31. The molecule has 128 valence electrons. The summed E-state index contributed by atoms with van der Waals surface area (Å²) in [6.07, 6.45) is 0. The van der Waals surface area contributed by atoms with Gasteiger partial charge in [-0.3, -0.25) is 0 Å². The molecule has 5 nitrogen and oxygen atoms in total. The second-order valence-corrected chi connectivity index (χ2v) is 6.42. The largest absolute Gasteiger partial charge is 0.456 e. The smallest absolute Gasteiger partial charge is 0.361 e. The molecule has 0 spiro atoms. The van der Waals surface area contributed by atoms with Gasteiger partial charge in [0.05, 0.1) is 11.4 Å². The lowest BCUT2D eigenvalue weighted by Crippen LogP contribution is -2.08. The van der Waals surface area contributed by atoms with Crippen molar-refractivity contribution in [3.8, 4) is 5.69 Å². The molecule has 0 radical (unpaired) electrons. The molecule has 0 saturated carbocycles. The Hall–Kier alpha value is -2.37. The molecule has 0 unspecified atom stereocenters. The molecule has 0 amide bonds. The average molecular weight is 376 g/mol. The van der Waals surface area contributed by atoms with E-state index in [1.807, 2.05) is 25.1 Å². The average Bonchev–Trinajstić information content (AvgIpc) is 2.97. The zero-order chi connectivity index (χ0) is 18.0. The van der Waals surface area contributed by atoms with Crippen molar-refractivity contribution < 1.29 is 9.53 Å². The molecule has 0 fully saturated rings. The van der Waals surface area contributed by atoms with Crippen LogP contribution in [0.2, 0.25) is 10.0 Å². The highest BCUT2D eigenvalue weighted by Gasteiger charge is 2.19. The predicted molar refractivity (Wildman–Crippen MR) is 96.4 cm³/mol. The third kappa shape index (κ3) is 3.83. The van der Waals surface area contributed by atoms with Crippen molar-refractivity contribution in [2.24, 2.45) is 0 Å². The zero-order valence-corrected chi connectivity index (χ0v) is 15.2. The van der Waals surface area contributed by atoms with Crippen LogP contribution >= 0.6 is 23.2 Å². The van der Waals surface area contributed by atoms with E-state index in [0.717, 1.165) is 16.8 Å². The van der Waals surface area contributed by atoms with Crippen molar-refractivity contribution in [1.29, 1.82) is 0 Å². The van der Waals surface area contributed by atoms with E-state index in [-0.39, 0.29) is 12.3 Å². The Balaban J connectivity index is 1.78. The molecule has 2 aromatic carbocycles. The summed E-state index contributed by atoms with van der Waals surface area (Å²) in [5.41, 5.74) is 3.24. The molecule has 0 saturated heterocycles. The number of carbonyl (C=O) groups is 1. The minimum atomic E-state index is -0.540. The van der Waals surface area contributed by atoms with E-state index in [1.54, 1.807) is 35.9 Å². The van der Waals surface area contributed by atoms with Crippen LogP contribution in [0.4, 0.5) is 0 Å². The number of halogens is 2. The molecular formula is C18H15Cl2N3O2. The van der Waals surface area contributed by atoms with Crippen LogP contribution in [-0.2, 0) is 11.3 Å². The van der Waals surface area contributed by atoms with Crippen molar-refractivity contribution in [3.05, 3.63) is 75.0 Å². The Morgan fingerprint density at radius 2 is 1.96 bits per heavy atom. The minimum absolute atomic E-state index is 0.113. The number of rotatable bonds is 4. The van der Waals surface area contributed by atoms with E-state index in [9.17, 15) is 4.79 Å². The molecule has 0 aliphatic carbocycles. The summed E-state index contributed by atoms with van der Waals surface area (Å²) in [4.78, 5) is 12.3. The molecule has 0 bridgehead atoms. The number of hydrogen-bond acceptors (Lipinski definition) is 4. The molecule has 3 aromatic rings. The predicted octanol–water partition coefficient (Wildman–Crippen LogP) is 4.55. The Morgan fingerprint density at radius 3 is 2.68 bits per heavy atom. The second kappa shape index (κ2) is 7.25. The number of carbonyl (C=O) groups excluding carboxylic acids is 1. The van der Waals surface area contributed by atoms with Gasteiger partial charge in [0, 0.05) is 10.0 Å². The highest BCUT2D eigenvalue weighted by Crippen LogP contribution is 2.21. The number of ether oxygens (including phenoxy) is 1. The minimum Gasteiger partial charge on any atom is -0.456 e. The van der Waals surface area contributed by atoms with Crippen molar-refractivity contribution in [1.82, 2.24) is 15.0 Å². The van der Waals surface area contributed by atoms with Gasteiger partial charge in [0.2, 0.25) is 0 Å². The number of nitrogens with zero attached hydrogens (tertiary/aromatic N) is 3. The van der Waals surface area contributed by atoms with Crippen LogP contribution in [0.25, 0.3) is 5.69 Å². The Kier molecular flexibility index (Phi) is 5.06. The van der Waals surface area contributed by atoms with Gasteiger partial charge in [0.15, 0.2) is 5.69 Å². The fraction of sp³-hybridized carbons (Fsp3) is 0.167. The lowest BCUT2D eigenvalue weighted by Gasteiger charge is -2.06. The number of benzene rings is 2. The molecule has 0 aliphatic rings. The summed E-state index contributed by atoms with van der Waals surface area (Å²) in [6.45, 7) is 3.78. The zero-order valence-electron chi connectivity index (χ0n) is 13.7. The normalized spacial score (nSPS) is 10.7. The molecular weight excluding hydrogens is 361 g/mol. The van der Waals surface area contributed by atoms with Crippen molar-refractivity contribution in [2.45, 2.75) is 20.5 Å². The van der Waals surface area contributed by atoms with Gasteiger partial charge >= 0.3 is 5.97 Å². The van der Waals surface area contributed by atoms with Crippen LogP contribution < -0.4 is 0 Å². The van der Waals surface area contributed by atoms with E-state index in [4.69, 9.17) is 27.9 Å². The van der Waals surface area contributed by atoms with Crippen LogP contribution in [0.5, 0.6) is 0 Å². The monoisotopic (exact) mass is 375 g/mol. The molecule has 0 N–H and O–H groups in total. The standard InChI is InChI=1S/C18H15Cl2N3O2/c1-11-6-7-15(9-16(11)20)23-12(2)17(21-22-23)18(24)25-10-13-4-3-5-14(19)8-13/h3-9H,10H2,1-2H3. The van der Waals surface area contributed by atoms with E-state index < -0.39 is 5.97 Å². The summed E-state index contributed by atoms with van der Waals surface area (Å²) in [6, 6.07) is 12.7. The third-order valence-electron chi connectivity index (χ3n) is 3.75. The Labute approximate surface area is 155 Å². The number of aryl methyl sites for hydroxylation is 1. The molecule has 1 heterocycles. The van der Waals surface area contributed by atoms with Gasteiger partial charge in [0.25, 0.3) is 0 Å². The number of hydrogen-bond donors (Lipinski definition) is 0. The summed E-state index contributed by atoms with van der Waals surface area (Å²) < 4.78 is 6.86. The lowest BCUT2D eigenvalue weighted by atomic mass is 10.2.